The molecule has 0 aliphatic carbocycles. The molecule has 1 aliphatic heterocycles. The highest BCUT2D eigenvalue weighted by Gasteiger charge is 2.18. The third kappa shape index (κ3) is 3.75. The summed E-state index contributed by atoms with van der Waals surface area (Å²) >= 11 is 0. The van der Waals surface area contributed by atoms with Gasteiger partial charge in [0.1, 0.15) is 17.9 Å². The summed E-state index contributed by atoms with van der Waals surface area (Å²) in [6.45, 7) is 4.79. The minimum absolute atomic E-state index is 0.170. The molecule has 0 saturated carbocycles. The minimum Gasteiger partial charge on any atom is -0.491 e. The van der Waals surface area contributed by atoms with E-state index in [0.717, 1.165) is 39.3 Å². The quantitative estimate of drug-likeness (QED) is 0.502. The van der Waals surface area contributed by atoms with Crippen LogP contribution < -0.4 is 16.2 Å². The third-order valence-electron chi connectivity index (χ3n) is 4.29. The Balaban J connectivity index is 1.74. The van der Waals surface area contributed by atoms with Gasteiger partial charge in [0, 0.05) is 30.6 Å². The zero-order valence-electron chi connectivity index (χ0n) is 13.9. The number of nitrogens with one attached hydrogen (secondary N) is 1. The number of hydrogen-bond donors (Lipinski definition) is 3. The number of aldehydes is 1. The zero-order chi connectivity index (χ0) is 17.8. The van der Waals surface area contributed by atoms with Gasteiger partial charge in [-0.2, -0.15) is 0 Å². The Labute approximate surface area is 145 Å². The molecule has 0 spiro atoms. The van der Waals surface area contributed by atoms with Crippen molar-refractivity contribution in [1.29, 1.82) is 0 Å². The van der Waals surface area contributed by atoms with E-state index in [4.69, 9.17) is 20.9 Å². The van der Waals surface area contributed by atoms with Crippen molar-refractivity contribution in [1.82, 2.24) is 9.88 Å². The van der Waals surface area contributed by atoms with Gasteiger partial charge in [0.15, 0.2) is 0 Å². The van der Waals surface area contributed by atoms with Crippen molar-refractivity contribution in [3.63, 3.8) is 0 Å². The largest absolute Gasteiger partial charge is 0.491 e. The topological polar surface area (TPSA) is 124 Å². The molecule has 0 unspecified atom stereocenters. The van der Waals surface area contributed by atoms with Gasteiger partial charge in [0.2, 0.25) is 0 Å². The SMILES string of the molecule is NC(=O)c1c(N)[nH]c2c(OCCCN3CCOCC3)cc(C=O)cc12. The van der Waals surface area contributed by atoms with Crippen LogP contribution >= 0.6 is 0 Å². The van der Waals surface area contributed by atoms with Crippen molar-refractivity contribution in [2.75, 3.05) is 45.2 Å². The molecule has 1 aliphatic rings. The highest BCUT2D eigenvalue weighted by atomic mass is 16.5. The molecular formula is C17H22N4O4. The summed E-state index contributed by atoms with van der Waals surface area (Å²) in [5.41, 5.74) is 12.4. The number of carbonyl (C=O) groups excluding carboxylic acids is 2. The van der Waals surface area contributed by atoms with Crippen molar-refractivity contribution in [3.8, 4) is 5.75 Å². The predicted molar refractivity (Wildman–Crippen MR) is 94.0 cm³/mol. The zero-order valence-corrected chi connectivity index (χ0v) is 13.9. The second-order valence-electron chi connectivity index (χ2n) is 5.99. The van der Waals surface area contributed by atoms with E-state index in [1.165, 1.54) is 0 Å². The molecule has 5 N–H and O–H groups in total. The van der Waals surface area contributed by atoms with Crippen LogP contribution in [0.5, 0.6) is 5.75 Å². The van der Waals surface area contributed by atoms with Crippen molar-refractivity contribution >= 4 is 28.9 Å². The summed E-state index contributed by atoms with van der Waals surface area (Å²) in [6, 6.07) is 3.21. The van der Waals surface area contributed by atoms with Crippen LogP contribution in [0.2, 0.25) is 0 Å². The molecule has 0 bridgehead atoms. The average molecular weight is 346 g/mol. The molecule has 8 heteroatoms. The first-order valence-corrected chi connectivity index (χ1v) is 8.23. The number of nitrogens with zero attached hydrogens (tertiary/aromatic N) is 1. The Morgan fingerprint density at radius 3 is 2.80 bits per heavy atom. The highest BCUT2D eigenvalue weighted by Crippen LogP contribution is 2.32. The van der Waals surface area contributed by atoms with Gasteiger partial charge in [0.05, 0.1) is 30.9 Å². The van der Waals surface area contributed by atoms with Crippen LogP contribution in [0.25, 0.3) is 10.9 Å². The Morgan fingerprint density at radius 1 is 1.36 bits per heavy atom. The van der Waals surface area contributed by atoms with Gasteiger partial charge in [-0.05, 0) is 18.6 Å². The average Bonchev–Trinajstić information content (AvgIpc) is 2.95. The van der Waals surface area contributed by atoms with E-state index in [2.05, 4.69) is 9.88 Å². The summed E-state index contributed by atoms with van der Waals surface area (Å²) < 4.78 is 11.2. The first kappa shape index (κ1) is 17.2. The summed E-state index contributed by atoms with van der Waals surface area (Å²) in [4.78, 5) is 28.1. The van der Waals surface area contributed by atoms with E-state index in [1.54, 1.807) is 12.1 Å². The minimum atomic E-state index is -0.648. The molecule has 0 atom stereocenters. The number of primary amides is 1. The van der Waals surface area contributed by atoms with Crippen LogP contribution in [0.15, 0.2) is 12.1 Å². The lowest BCUT2D eigenvalue weighted by atomic mass is 10.1. The van der Waals surface area contributed by atoms with Crippen LogP contribution in [-0.2, 0) is 4.74 Å². The molecule has 3 rings (SSSR count). The number of nitrogen functional groups attached to an aromatic ring is 1. The van der Waals surface area contributed by atoms with Crippen LogP contribution in [0.3, 0.4) is 0 Å². The summed E-state index contributed by atoms with van der Waals surface area (Å²) in [6.07, 6.45) is 1.54. The molecule has 1 aromatic carbocycles. The fourth-order valence-electron chi connectivity index (χ4n) is 3.05. The fourth-order valence-corrected chi connectivity index (χ4v) is 3.05. The number of nitrogens with two attached hydrogens (primary N) is 2. The molecule has 2 aromatic rings. The van der Waals surface area contributed by atoms with E-state index in [1.807, 2.05) is 0 Å². The monoisotopic (exact) mass is 346 g/mol. The fraction of sp³-hybridized carbons (Fsp3) is 0.412. The standard InChI is InChI=1S/C17H22N4O4/c18-16-14(17(19)23)12-8-11(10-22)9-13(15(12)20-16)25-5-1-2-21-3-6-24-7-4-21/h8-10,20H,1-7,18H2,(H2,19,23). The second kappa shape index (κ2) is 7.54. The molecule has 1 aromatic heterocycles. The smallest absolute Gasteiger partial charge is 0.253 e. The number of fused-ring (bicyclic) bond motifs is 1. The summed E-state index contributed by atoms with van der Waals surface area (Å²) in [7, 11) is 0. The molecule has 2 heterocycles. The summed E-state index contributed by atoms with van der Waals surface area (Å²) in [5, 5.41) is 0.498. The number of amides is 1. The van der Waals surface area contributed by atoms with Gasteiger partial charge in [-0.15, -0.1) is 0 Å². The number of H-pyrrole nitrogens is 1. The maximum absolute atomic E-state index is 11.6. The van der Waals surface area contributed by atoms with E-state index >= 15 is 0 Å². The molecule has 1 fully saturated rings. The van der Waals surface area contributed by atoms with Crippen molar-refractivity contribution < 1.29 is 19.1 Å². The second-order valence-corrected chi connectivity index (χ2v) is 5.99. The van der Waals surface area contributed by atoms with Gasteiger partial charge >= 0.3 is 0 Å². The van der Waals surface area contributed by atoms with E-state index < -0.39 is 5.91 Å². The van der Waals surface area contributed by atoms with Gasteiger partial charge in [-0.3, -0.25) is 14.5 Å². The number of aromatic nitrogens is 1. The first-order valence-electron chi connectivity index (χ1n) is 8.23. The van der Waals surface area contributed by atoms with Gasteiger partial charge < -0.3 is 25.9 Å². The number of aromatic amines is 1. The molecule has 25 heavy (non-hydrogen) atoms. The lowest BCUT2D eigenvalue weighted by molar-refractivity contribution is 0.0358. The molecular weight excluding hydrogens is 324 g/mol. The van der Waals surface area contributed by atoms with Gasteiger partial charge in [0.25, 0.3) is 5.91 Å². The number of benzene rings is 1. The van der Waals surface area contributed by atoms with Crippen LogP contribution in [0, 0.1) is 0 Å². The molecule has 134 valence electrons. The predicted octanol–water partition coefficient (Wildman–Crippen LogP) is 0.763. The Kier molecular flexibility index (Phi) is 5.20. The third-order valence-corrected chi connectivity index (χ3v) is 4.29. The van der Waals surface area contributed by atoms with Gasteiger partial charge in [-0.1, -0.05) is 0 Å². The van der Waals surface area contributed by atoms with Crippen molar-refractivity contribution in [3.05, 3.63) is 23.3 Å². The normalized spacial score (nSPS) is 15.4. The number of ether oxygens (including phenoxy) is 2. The lowest BCUT2D eigenvalue weighted by Crippen LogP contribution is -2.37. The maximum Gasteiger partial charge on any atom is 0.253 e. The molecule has 1 amide bonds. The Bertz CT molecular complexity index is 781. The first-order chi connectivity index (χ1) is 12.1. The number of anilines is 1. The van der Waals surface area contributed by atoms with Crippen molar-refractivity contribution in [2.45, 2.75) is 6.42 Å². The summed E-state index contributed by atoms with van der Waals surface area (Å²) in [5.74, 6) is 0.00885. The maximum atomic E-state index is 11.6. The highest BCUT2D eigenvalue weighted by molar-refractivity contribution is 6.12. The van der Waals surface area contributed by atoms with E-state index in [0.29, 0.717) is 35.1 Å². The molecule has 8 nitrogen and oxygen atoms in total. The van der Waals surface area contributed by atoms with Crippen LogP contribution in [-0.4, -0.2) is 61.5 Å². The Morgan fingerprint density at radius 2 is 2.12 bits per heavy atom. The Hall–Kier alpha value is -2.58. The molecule has 0 radical (unpaired) electrons. The van der Waals surface area contributed by atoms with Gasteiger partial charge in [-0.25, -0.2) is 0 Å². The number of hydrogen-bond acceptors (Lipinski definition) is 6. The molecule has 1 saturated heterocycles. The van der Waals surface area contributed by atoms with E-state index in [9.17, 15) is 9.59 Å². The lowest BCUT2D eigenvalue weighted by Gasteiger charge is -2.26. The van der Waals surface area contributed by atoms with Crippen molar-refractivity contribution in [2.24, 2.45) is 5.73 Å². The van der Waals surface area contributed by atoms with Crippen LogP contribution in [0.4, 0.5) is 5.82 Å². The number of rotatable bonds is 7. The number of carbonyl (C=O) groups is 2. The number of morpholine rings is 1. The van der Waals surface area contributed by atoms with Crippen LogP contribution in [0.1, 0.15) is 27.1 Å². The van der Waals surface area contributed by atoms with E-state index in [-0.39, 0.29) is 11.4 Å².